The van der Waals surface area contributed by atoms with Gasteiger partial charge in [-0.15, -0.1) is 0 Å². The van der Waals surface area contributed by atoms with Gasteiger partial charge in [0.25, 0.3) is 0 Å². The average molecular weight is 305 g/mol. The Morgan fingerprint density at radius 1 is 1.00 bits per heavy atom. The molecule has 2 saturated heterocycles. The number of piperidine rings is 1. The van der Waals surface area contributed by atoms with Crippen molar-refractivity contribution >= 4 is 5.78 Å². The number of hydrogen-bond donors (Lipinski definition) is 1. The first kappa shape index (κ1) is 15.2. The smallest absolute Gasteiger partial charge is 0.203 e. The standard InChI is InChI=1S/C17H23NO4/c1-20-14-8-11(9-15(21-2)17(14)22-3)16(19)10-6-12-4-5-13(7-10)18-12/h8-10,12-13,18H,4-7H2,1-3H3. The fraction of sp³-hybridized carbons (Fsp3) is 0.588. The summed E-state index contributed by atoms with van der Waals surface area (Å²) in [6.07, 6.45) is 4.21. The molecule has 22 heavy (non-hydrogen) atoms. The Bertz CT molecular complexity index is 535. The van der Waals surface area contributed by atoms with Crippen LogP contribution in [0.1, 0.15) is 36.0 Å². The Kier molecular flexibility index (Phi) is 4.25. The predicted molar refractivity (Wildman–Crippen MR) is 83.1 cm³/mol. The molecule has 0 aliphatic carbocycles. The average Bonchev–Trinajstić information content (AvgIpc) is 2.90. The number of nitrogens with one attached hydrogen (secondary N) is 1. The topological polar surface area (TPSA) is 56.8 Å². The van der Waals surface area contributed by atoms with Gasteiger partial charge in [0.1, 0.15) is 0 Å². The van der Waals surface area contributed by atoms with E-state index in [9.17, 15) is 4.79 Å². The molecule has 3 rings (SSSR count). The maximum atomic E-state index is 12.9. The minimum Gasteiger partial charge on any atom is -0.493 e. The summed E-state index contributed by atoms with van der Waals surface area (Å²) in [4.78, 5) is 12.9. The maximum Gasteiger partial charge on any atom is 0.203 e. The van der Waals surface area contributed by atoms with E-state index in [1.54, 1.807) is 33.5 Å². The summed E-state index contributed by atoms with van der Waals surface area (Å²) in [5, 5.41) is 3.57. The number of ketones is 1. The Morgan fingerprint density at radius 3 is 2.00 bits per heavy atom. The minimum atomic E-state index is 0.0848. The van der Waals surface area contributed by atoms with Gasteiger partial charge in [-0.1, -0.05) is 0 Å². The number of methoxy groups -OCH3 is 3. The zero-order valence-corrected chi connectivity index (χ0v) is 13.3. The van der Waals surface area contributed by atoms with Crippen LogP contribution in [0.3, 0.4) is 0 Å². The van der Waals surface area contributed by atoms with Gasteiger partial charge in [0.2, 0.25) is 5.75 Å². The van der Waals surface area contributed by atoms with Crippen molar-refractivity contribution < 1.29 is 19.0 Å². The molecule has 5 nitrogen and oxygen atoms in total. The molecule has 0 saturated carbocycles. The van der Waals surface area contributed by atoms with Crippen LogP contribution >= 0.6 is 0 Å². The molecule has 0 amide bonds. The maximum absolute atomic E-state index is 12.9. The number of carbonyl (C=O) groups excluding carboxylic acids is 1. The van der Waals surface area contributed by atoms with Crippen molar-refractivity contribution in [3.8, 4) is 17.2 Å². The molecule has 2 unspecified atom stereocenters. The van der Waals surface area contributed by atoms with Gasteiger partial charge in [-0.05, 0) is 37.8 Å². The largest absolute Gasteiger partial charge is 0.493 e. The first-order chi connectivity index (χ1) is 10.7. The third kappa shape index (κ3) is 2.65. The highest BCUT2D eigenvalue weighted by molar-refractivity contribution is 5.99. The summed E-state index contributed by atoms with van der Waals surface area (Å²) in [5.41, 5.74) is 0.640. The van der Waals surface area contributed by atoms with Crippen molar-refractivity contribution in [2.24, 2.45) is 5.92 Å². The van der Waals surface area contributed by atoms with Crippen LogP contribution in [0, 0.1) is 5.92 Å². The lowest BCUT2D eigenvalue weighted by atomic mass is 9.86. The molecule has 1 aromatic rings. The summed E-state index contributed by atoms with van der Waals surface area (Å²) in [7, 11) is 4.69. The zero-order chi connectivity index (χ0) is 15.7. The molecule has 2 aliphatic heterocycles. The Labute approximate surface area is 130 Å². The van der Waals surface area contributed by atoms with E-state index in [0.717, 1.165) is 12.8 Å². The van der Waals surface area contributed by atoms with Crippen molar-refractivity contribution in [3.05, 3.63) is 17.7 Å². The molecule has 0 radical (unpaired) electrons. The zero-order valence-electron chi connectivity index (χ0n) is 13.3. The lowest BCUT2D eigenvalue weighted by Crippen LogP contribution is -2.40. The minimum absolute atomic E-state index is 0.0848. The van der Waals surface area contributed by atoms with Gasteiger partial charge in [-0.3, -0.25) is 4.79 Å². The Balaban J connectivity index is 1.89. The summed E-state index contributed by atoms with van der Waals surface area (Å²) < 4.78 is 16.0. The molecule has 5 heteroatoms. The molecular formula is C17H23NO4. The normalized spacial score (nSPS) is 26.6. The van der Waals surface area contributed by atoms with Crippen molar-refractivity contribution in [2.45, 2.75) is 37.8 Å². The molecule has 2 aliphatic rings. The van der Waals surface area contributed by atoms with Crippen LogP contribution in [-0.2, 0) is 0 Å². The van der Waals surface area contributed by atoms with Gasteiger partial charge in [0.15, 0.2) is 17.3 Å². The van der Waals surface area contributed by atoms with Crippen LogP contribution < -0.4 is 19.5 Å². The van der Waals surface area contributed by atoms with E-state index < -0.39 is 0 Å². The van der Waals surface area contributed by atoms with Crippen molar-refractivity contribution in [1.82, 2.24) is 5.32 Å². The van der Waals surface area contributed by atoms with Gasteiger partial charge < -0.3 is 19.5 Å². The molecule has 1 aromatic carbocycles. The predicted octanol–water partition coefficient (Wildman–Crippen LogP) is 2.43. The van der Waals surface area contributed by atoms with E-state index >= 15 is 0 Å². The molecule has 2 fully saturated rings. The van der Waals surface area contributed by atoms with Gasteiger partial charge in [-0.2, -0.15) is 0 Å². The molecule has 0 spiro atoms. The second-order valence-corrected chi connectivity index (χ2v) is 6.08. The summed E-state index contributed by atoms with van der Waals surface area (Å²) in [6.45, 7) is 0. The van der Waals surface area contributed by atoms with Crippen LogP contribution in [0.4, 0.5) is 0 Å². The number of hydrogen-bond acceptors (Lipinski definition) is 5. The monoisotopic (exact) mass is 305 g/mol. The molecule has 0 aromatic heterocycles. The fourth-order valence-corrected chi connectivity index (χ4v) is 3.73. The van der Waals surface area contributed by atoms with Gasteiger partial charge in [0.05, 0.1) is 21.3 Å². The summed E-state index contributed by atoms with van der Waals surface area (Å²) in [5.74, 6) is 1.84. The van der Waals surface area contributed by atoms with Crippen molar-refractivity contribution in [3.63, 3.8) is 0 Å². The van der Waals surface area contributed by atoms with Gasteiger partial charge >= 0.3 is 0 Å². The van der Waals surface area contributed by atoms with Crippen molar-refractivity contribution in [1.29, 1.82) is 0 Å². The number of carbonyl (C=O) groups is 1. The molecule has 120 valence electrons. The number of rotatable bonds is 5. The van der Waals surface area contributed by atoms with Gasteiger partial charge in [0, 0.05) is 23.6 Å². The van der Waals surface area contributed by atoms with Crippen LogP contribution in [0.25, 0.3) is 0 Å². The van der Waals surface area contributed by atoms with Crippen LogP contribution in [-0.4, -0.2) is 39.2 Å². The van der Waals surface area contributed by atoms with E-state index in [0.29, 0.717) is 34.9 Å². The fourth-order valence-electron chi connectivity index (χ4n) is 3.73. The second kappa shape index (κ2) is 6.16. The molecule has 2 heterocycles. The Hall–Kier alpha value is -1.75. The third-order valence-corrected chi connectivity index (χ3v) is 4.79. The number of ether oxygens (including phenoxy) is 3. The lowest BCUT2D eigenvalue weighted by Gasteiger charge is -2.28. The second-order valence-electron chi connectivity index (χ2n) is 6.08. The van der Waals surface area contributed by atoms with Crippen molar-refractivity contribution in [2.75, 3.05) is 21.3 Å². The lowest BCUT2D eigenvalue weighted by molar-refractivity contribution is 0.0875. The number of benzene rings is 1. The highest BCUT2D eigenvalue weighted by atomic mass is 16.5. The van der Waals surface area contributed by atoms with E-state index in [1.807, 2.05) is 0 Å². The summed E-state index contributed by atoms with van der Waals surface area (Å²) >= 11 is 0. The van der Waals surface area contributed by atoms with Crippen LogP contribution in [0.15, 0.2) is 12.1 Å². The molecular weight excluding hydrogens is 282 g/mol. The molecule has 2 bridgehead atoms. The Morgan fingerprint density at radius 2 is 1.55 bits per heavy atom. The molecule has 2 atom stereocenters. The highest BCUT2D eigenvalue weighted by Crippen LogP contribution is 2.40. The SMILES string of the molecule is COc1cc(C(=O)C2CC3CCC(C2)N3)cc(OC)c1OC. The van der Waals surface area contributed by atoms with E-state index in [1.165, 1.54) is 12.8 Å². The molecule has 1 N–H and O–H groups in total. The first-order valence-electron chi connectivity index (χ1n) is 7.76. The third-order valence-electron chi connectivity index (χ3n) is 4.79. The van der Waals surface area contributed by atoms with E-state index in [4.69, 9.17) is 14.2 Å². The quantitative estimate of drug-likeness (QED) is 0.847. The van der Waals surface area contributed by atoms with E-state index in [2.05, 4.69) is 5.32 Å². The van der Waals surface area contributed by atoms with Crippen LogP contribution in [0.5, 0.6) is 17.2 Å². The number of Topliss-reactive ketones (excluding diaryl/α,β-unsaturated/α-hetero) is 1. The highest BCUT2D eigenvalue weighted by Gasteiger charge is 2.37. The first-order valence-corrected chi connectivity index (χ1v) is 7.76. The van der Waals surface area contributed by atoms with E-state index in [-0.39, 0.29) is 11.7 Å². The van der Waals surface area contributed by atoms with Gasteiger partial charge in [-0.25, -0.2) is 0 Å². The van der Waals surface area contributed by atoms with Crippen LogP contribution in [0.2, 0.25) is 0 Å². The summed E-state index contributed by atoms with van der Waals surface area (Å²) in [6, 6.07) is 4.51. The number of fused-ring (bicyclic) bond motifs is 2.